The molecular weight excluding hydrogens is 425 g/mol. The van der Waals surface area contributed by atoms with Crippen LogP contribution < -0.4 is 10.1 Å². The van der Waals surface area contributed by atoms with E-state index in [1.54, 1.807) is 36.4 Å². The number of amidine groups is 1. The summed E-state index contributed by atoms with van der Waals surface area (Å²) in [4.78, 5) is 16.4. The van der Waals surface area contributed by atoms with Crippen molar-refractivity contribution in [2.75, 3.05) is 6.61 Å². The van der Waals surface area contributed by atoms with Crippen LogP contribution in [0.4, 0.5) is 18.9 Å². The maximum Gasteiger partial charge on any atom is 0.418 e. The normalized spacial score (nSPS) is 16.9. The van der Waals surface area contributed by atoms with Gasteiger partial charge in [0.05, 0.1) is 16.2 Å². The second kappa shape index (κ2) is 8.75. The Kier molecular flexibility index (Phi) is 6.34. The molecule has 4 nitrogen and oxygen atoms in total. The number of nitrogens with zero attached hydrogens (tertiary/aromatic N) is 1. The van der Waals surface area contributed by atoms with Crippen LogP contribution in [0.15, 0.2) is 65.0 Å². The highest BCUT2D eigenvalue weighted by Crippen LogP contribution is 2.39. The molecule has 1 N–H and O–H groups in total. The van der Waals surface area contributed by atoms with E-state index in [1.807, 2.05) is 0 Å². The third-order valence-corrected chi connectivity index (χ3v) is 4.83. The molecule has 29 heavy (non-hydrogen) atoms. The van der Waals surface area contributed by atoms with E-state index in [2.05, 4.69) is 16.9 Å². The van der Waals surface area contributed by atoms with Gasteiger partial charge < -0.3 is 10.1 Å². The lowest BCUT2D eigenvalue weighted by Gasteiger charge is -2.10. The molecule has 0 radical (unpaired) electrons. The molecule has 0 atom stereocenters. The zero-order chi connectivity index (χ0) is 21.0. The fourth-order valence-electron chi connectivity index (χ4n) is 2.39. The summed E-state index contributed by atoms with van der Waals surface area (Å²) in [5.41, 5.74) is -0.563. The number of benzene rings is 2. The topological polar surface area (TPSA) is 50.7 Å². The molecule has 0 aromatic heterocycles. The minimum atomic E-state index is -4.62. The van der Waals surface area contributed by atoms with Gasteiger partial charge in [-0.1, -0.05) is 36.4 Å². The fraction of sp³-hybridized carbons (Fsp3) is 0.100. The number of nitrogens with one attached hydrogen (secondary N) is 1. The minimum absolute atomic E-state index is 0.0505. The predicted octanol–water partition coefficient (Wildman–Crippen LogP) is 5.82. The fourth-order valence-corrected chi connectivity index (χ4v) is 3.40. The van der Waals surface area contributed by atoms with Gasteiger partial charge in [-0.2, -0.15) is 13.2 Å². The van der Waals surface area contributed by atoms with E-state index in [0.717, 1.165) is 29.5 Å². The number of aliphatic imine (C=N–C) groups is 1. The monoisotopic (exact) mass is 438 g/mol. The van der Waals surface area contributed by atoms with E-state index in [1.165, 1.54) is 6.07 Å². The molecule has 0 saturated carbocycles. The average Bonchev–Trinajstić information content (AvgIpc) is 3.00. The number of thioether (sulfide) groups is 1. The Balaban J connectivity index is 1.82. The number of rotatable bonds is 5. The molecule has 1 fully saturated rings. The summed E-state index contributed by atoms with van der Waals surface area (Å²) >= 11 is 6.62. The number of hydrogen-bond donors (Lipinski definition) is 1. The first kappa shape index (κ1) is 21.0. The van der Waals surface area contributed by atoms with Crippen LogP contribution in [0.5, 0.6) is 5.75 Å². The predicted molar refractivity (Wildman–Crippen MR) is 109 cm³/mol. The van der Waals surface area contributed by atoms with Crippen LogP contribution in [0, 0.1) is 0 Å². The van der Waals surface area contributed by atoms with Crippen molar-refractivity contribution in [2.45, 2.75) is 6.18 Å². The summed E-state index contributed by atoms with van der Waals surface area (Å²) in [6.45, 7) is 3.95. The van der Waals surface area contributed by atoms with Crippen molar-refractivity contribution in [3.05, 3.63) is 76.2 Å². The van der Waals surface area contributed by atoms with Crippen LogP contribution in [0.2, 0.25) is 5.02 Å². The van der Waals surface area contributed by atoms with Crippen LogP contribution in [0.25, 0.3) is 6.08 Å². The molecule has 0 bridgehead atoms. The Morgan fingerprint density at radius 2 is 1.93 bits per heavy atom. The van der Waals surface area contributed by atoms with Crippen molar-refractivity contribution < 1.29 is 22.7 Å². The highest BCUT2D eigenvalue weighted by atomic mass is 35.5. The minimum Gasteiger partial charge on any atom is -0.490 e. The van der Waals surface area contributed by atoms with Gasteiger partial charge in [-0.05, 0) is 53.7 Å². The number of hydrogen-bond acceptors (Lipinski definition) is 4. The standard InChI is InChI=1S/C20H14ClF3N2O2S/c1-2-9-28-14-6-3-12(4-7-14)10-17-18(27)26-19(29-17)25-16-8-5-13(21)11-15(16)20(22,23)24/h2-8,10-11H,1,9H2,(H,25,26,27)/b17-10+. The summed E-state index contributed by atoms with van der Waals surface area (Å²) < 4.78 is 45.0. The summed E-state index contributed by atoms with van der Waals surface area (Å²) in [7, 11) is 0. The average molecular weight is 439 g/mol. The number of halogens is 4. The number of amides is 1. The summed E-state index contributed by atoms with van der Waals surface area (Å²) in [6.07, 6.45) is -1.38. The largest absolute Gasteiger partial charge is 0.490 e. The molecule has 3 rings (SSSR count). The Hall–Kier alpha value is -2.71. The van der Waals surface area contributed by atoms with Crippen molar-refractivity contribution >= 4 is 46.2 Å². The van der Waals surface area contributed by atoms with Crippen LogP contribution in [0.3, 0.4) is 0 Å². The first-order valence-electron chi connectivity index (χ1n) is 8.26. The summed E-state index contributed by atoms with van der Waals surface area (Å²) in [5.74, 6) is 0.212. The van der Waals surface area contributed by atoms with Gasteiger partial charge in [0.2, 0.25) is 0 Å². The molecule has 1 heterocycles. The Bertz CT molecular complexity index is 1000. The molecule has 0 spiro atoms. The van der Waals surface area contributed by atoms with Gasteiger partial charge >= 0.3 is 6.18 Å². The van der Waals surface area contributed by atoms with E-state index in [-0.39, 0.29) is 15.9 Å². The SMILES string of the molecule is C=CCOc1ccc(/C=C2/SC(=Nc3ccc(Cl)cc3C(F)(F)F)NC2=O)cc1. The maximum absolute atomic E-state index is 13.2. The lowest BCUT2D eigenvalue weighted by molar-refractivity contribution is -0.137. The lowest BCUT2D eigenvalue weighted by atomic mass is 10.2. The van der Waals surface area contributed by atoms with Crippen LogP contribution in [-0.2, 0) is 11.0 Å². The maximum atomic E-state index is 13.2. The van der Waals surface area contributed by atoms with E-state index < -0.39 is 17.6 Å². The number of ether oxygens (including phenoxy) is 1. The third kappa shape index (κ3) is 5.42. The molecule has 9 heteroatoms. The van der Waals surface area contributed by atoms with Crippen LogP contribution in [0.1, 0.15) is 11.1 Å². The Morgan fingerprint density at radius 1 is 1.21 bits per heavy atom. The Labute approximate surface area is 174 Å². The quantitative estimate of drug-likeness (QED) is 0.473. The van der Waals surface area contributed by atoms with E-state index >= 15 is 0 Å². The molecular formula is C20H14ClF3N2O2S. The van der Waals surface area contributed by atoms with E-state index in [9.17, 15) is 18.0 Å². The van der Waals surface area contributed by atoms with Crippen LogP contribution >= 0.6 is 23.4 Å². The summed E-state index contributed by atoms with van der Waals surface area (Å²) in [6, 6.07) is 10.3. The molecule has 1 saturated heterocycles. The smallest absolute Gasteiger partial charge is 0.418 e. The van der Waals surface area contributed by atoms with Gasteiger partial charge in [-0.3, -0.25) is 4.79 Å². The van der Waals surface area contributed by atoms with E-state index in [0.29, 0.717) is 17.3 Å². The molecule has 2 aromatic carbocycles. The zero-order valence-electron chi connectivity index (χ0n) is 14.8. The van der Waals surface area contributed by atoms with Crippen LogP contribution in [-0.4, -0.2) is 17.7 Å². The number of carbonyl (C=O) groups is 1. The summed E-state index contributed by atoms with van der Waals surface area (Å²) in [5, 5.41) is 2.48. The molecule has 1 aliphatic rings. The van der Waals surface area contributed by atoms with Gasteiger partial charge in [-0.25, -0.2) is 4.99 Å². The van der Waals surface area contributed by atoms with Crippen molar-refractivity contribution in [2.24, 2.45) is 4.99 Å². The lowest BCUT2D eigenvalue weighted by Crippen LogP contribution is -2.19. The first-order valence-corrected chi connectivity index (χ1v) is 9.46. The molecule has 0 aliphatic carbocycles. The van der Waals surface area contributed by atoms with Crippen molar-refractivity contribution in [1.82, 2.24) is 5.32 Å². The molecule has 1 aliphatic heterocycles. The van der Waals surface area contributed by atoms with Gasteiger partial charge in [0.25, 0.3) is 5.91 Å². The van der Waals surface area contributed by atoms with Gasteiger partial charge in [0.1, 0.15) is 12.4 Å². The third-order valence-electron chi connectivity index (χ3n) is 3.68. The van der Waals surface area contributed by atoms with Crippen molar-refractivity contribution in [3.8, 4) is 5.75 Å². The van der Waals surface area contributed by atoms with Gasteiger partial charge in [0.15, 0.2) is 5.17 Å². The highest BCUT2D eigenvalue weighted by Gasteiger charge is 2.34. The second-order valence-electron chi connectivity index (χ2n) is 5.81. The highest BCUT2D eigenvalue weighted by molar-refractivity contribution is 8.18. The van der Waals surface area contributed by atoms with Crippen molar-refractivity contribution in [3.63, 3.8) is 0 Å². The van der Waals surface area contributed by atoms with Gasteiger partial charge in [0, 0.05) is 5.02 Å². The zero-order valence-corrected chi connectivity index (χ0v) is 16.4. The number of carbonyl (C=O) groups excluding carboxylic acids is 1. The molecule has 1 amide bonds. The van der Waals surface area contributed by atoms with Crippen molar-refractivity contribution in [1.29, 1.82) is 0 Å². The second-order valence-corrected chi connectivity index (χ2v) is 7.28. The van der Waals surface area contributed by atoms with E-state index in [4.69, 9.17) is 16.3 Å². The molecule has 2 aromatic rings. The number of alkyl halides is 3. The molecule has 0 unspecified atom stereocenters. The first-order chi connectivity index (χ1) is 13.8. The molecule has 150 valence electrons. The Morgan fingerprint density at radius 3 is 2.59 bits per heavy atom. The van der Waals surface area contributed by atoms with Gasteiger partial charge in [-0.15, -0.1) is 0 Å².